The number of hydrogen-bond acceptors (Lipinski definition) is 4. The third kappa shape index (κ3) is 3.57. The molecule has 0 unspecified atom stereocenters. The Morgan fingerprint density at radius 3 is 2.31 bits per heavy atom. The number of pyridine rings is 1. The number of rotatable bonds is 3. The van der Waals surface area contributed by atoms with Crippen LogP contribution < -0.4 is 4.90 Å². The van der Waals surface area contributed by atoms with Crippen molar-refractivity contribution in [2.45, 2.75) is 6.04 Å². The summed E-state index contributed by atoms with van der Waals surface area (Å²) in [6, 6.07) is 18.0. The molecule has 1 amide bonds. The Bertz CT molecular complexity index is 1110. The molecule has 1 N–H and O–H groups in total. The van der Waals surface area contributed by atoms with Crippen LogP contribution in [0.3, 0.4) is 0 Å². The minimum atomic E-state index is -0.811. The van der Waals surface area contributed by atoms with E-state index < -0.39 is 17.7 Å². The van der Waals surface area contributed by atoms with Gasteiger partial charge >= 0.3 is 5.91 Å². The average molecular weight is 470 g/mol. The zero-order valence-corrected chi connectivity index (χ0v) is 17.3. The van der Waals surface area contributed by atoms with Crippen molar-refractivity contribution in [3.05, 3.63) is 99.1 Å². The van der Waals surface area contributed by atoms with Gasteiger partial charge in [-0.2, -0.15) is 0 Å². The summed E-state index contributed by atoms with van der Waals surface area (Å²) in [6.45, 7) is 0. The first-order valence-electron chi connectivity index (χ1n) is 8.71. The lowest BCUT2D eigenvalue weighted by molar-refractivity contribution is -0.132. The molecular weight excluding hydrogens is 456 g/mol. The van der Waals surface area contributed by atoms with E-state index in [2.05, 4.69) is 20.9 Å². The number of hydrogen-bond donors (Lipinski definition) is 1. The van der Waals surface area contributed by atoms with E-state index in [0.717, 1.165) is 4.47 Å². The third-order valence-corrected chi connectivity index (χ3v) is 5.42. The zero-order chi connectivity index (χ0) is 20.5. The number of aromatic nitrogens is 1. The molecule has 3 aromatic rings. The van der Waals surface area contributed by atoms with E-state index in [1.54, 1.807) is 60.8 Å². The number of carbonyl (C=O) groups excluding carboxylic acids is 2. The van der Waals surface area contributed by atoms with Crippen LogP contribution in [0.1, 0.15) is 17.2 Å². The van der Waals surface area contributed by atoms with Gasteiger partial charge in [-0.15, -0.1) is 0 Å². The minimum absolute atomic E-state index is 0.00491. The molecule has 1 atom stereocenters. The van der Waals surface area contributed by atoms with E-state index in [4.69, 9.17) is 11.6 Å². The standard InChI is InChI=1S/C22H14BrClN2O3/c23-15-8-4-13(5-9-15)19-18(20(27)14-6-10-16(24)11-7-14)21(28)22(29)26(19)17-3-1-2-12-25-17/h1-12,19,27H/b20-18+/t19-/m0/s1. The monoisotopic (exact) mass is 468 g/mol. The maximum absolute atomic E-state index is 12.9. The second-order valence-electron chi connectivity index (χ2n) is 6.42. The van der Waals surface area contributed by atoms with Crippen molar-refractivity contribution in [3.63, 3.8) is 0 Å². The molecule has 7 heteroatoms. The third-order valence-electron chi connectivity index (χ3n) is 4.64. The lowest BCUT2D eigenvalue weighted by Crippen LogP contribution is -2.30. The average Bonchev–Trinajstić information content (AvgIpc) is 3.00. The van der Waals surface area contributed by atoms with Crippen molar-refractivity contribution in [1.82, 2.24) is 4.98 Å². The summed E-state index contributed by atoms with van der Waals surface area (Å²) < 4.78 is 0.855. The molecule has 0 aliphatic carbocycles. The van der Waals surface area contributed by atoms with Gasteiger partial charge in [-0.05, 0) is 54.1 Å². The van der Waals surface area contributed by atoms with Crippen LogP contribution in [0.25, 0.3) is 5.76 Å². The first kappa shape index (κ1) is 19.4. The number of Topliss-reactive ketones (excluding diaryl/α,β-unsaturated/α-hetero) is 1. The molecule has 0 saturated carbocycles. The maximum atomic E-state index is 12.9. The quantitative estimate of drug-likeness (QED) is 0.328. The topological polar surface area (TPSA) is 70.5 Å². The Balaban J connectivity index is 1.94. The Labute approximate surface area is 180 Å². The molecule has 1 aromatic heterocycles. The fraction of sp³-hybridized carbons (Fsp3) is 0.0455. The molecule has 29 heavy (non-hydrogen) atoms. The second kappa shape index (κ2) is 7.81. The van der Waals surface area contributed by atoms with Gasteiger partial charge in [-0.3, -0.25) is 14.5 Å². The predicted octanol–water partition coefficient (Wildman–Crippen LogP) is 5.12. The molecule has 2 heterocycles. The molecular formula is C22H14BrClN2O3. The summed E-state index contributed by atoms with van der Waals surface area (Å²) in [5.41, 5.74) is 1.08. The fourth-order valence-corrected chi connectivity index (χ4v) is 3.68. The maximum Gasteiger partial charge on any atom is 0.301 e. The van der Waals surface area contributed by atoms with Crippen LogP contribution in [0, 0.1) is 0 Å². The molecule has 0 spiro atoms. The first-order chi connectivity index (χ1) is 14.0. The van der Waals surface area contributed by atoms with Crippen molar-refractivity contribution < 1.29 is 14.7 Å². The van der Waals surface area contributed by atoms with Crippen molar-refractivity contribution in [1.29, 1.82) is 0 Å². The van der Waals surface area contributed by atoms with Crippen LogP contribution in [-0.4, -0.2) is 21.8 Å². The van der Waals surface area contributed by atoms with E-state index in [0.29, 0.717) is 22.0 Å². The van der Waals surface area contributed by atoms with Gasteiger partial charge < -0.3 is 5.11 Å². The number of ketones is 1. The van der Waals surface area contributed by atoms with E-state index in [1.807, 2.05) is 12.1 Å². The molecule has 0 bridgehead atoms. The highest BCUT2D eigenvalue weighted by Crippen LogP contribution is 2.41. The second-order valence-corrected chi connectivity index (χ2v) is 7.77. The van der Waals surface area contributed by atoms with Gasteiger partial charge in [-0.1, -0.05) is 45.7 Å². The lowest BCUT2D eigenvalue weighted by atomic mass is 9.95. The predicted molar refractivity (Wildman–Crippen MR) is 115 cm³/mol. The van der Waals surface area contributed by atoms with Crippen LogP contribution >= 0.6 is 27.5 Å². The van der Waals surface area contributed by atoms with Gasteiger partial charge in [0.1, 0.15) is 11.6 Å². The zero-order valence-electron chi connectivity index (χ0n) is 14.9. The SMILES string of the molecule is O=C1C(=O)N(c2ccccn2)[C@@H](c2ccc(Br)cc2)/C1=C(\O)c1ccc(Cl)cc1. The Hall–Kier alpha value is -2.96. The molecule has 1 aliphatic heterocycles. The summed E-state index contributed by atoms with van der Waals surface area (Å²) in [5.74, 6) is -1.44. The van der Waals surface area contributed by atoms with Gasteiger partial charge in [0.05, 0.1) is 11.6 Å². The summed E-state index contributed by atoms with van der Waals surface area (Å²) in [5, 5.41) is 11.5. The highest BCUT2D eigenvalue weighted by Gasteiger charge is 2.47. The normalized spacial score (nSPS) is 18.3. The van der Waals surface area contributed by atoms with E-state index >= 15 is 0 Å². The fourth-order valence-electron chi connectivity index (χ4n) is 3.29. The number of halogens is 2. The Morgan fingerprint density at radius 1 is 1.00 bits per heavy atom. The summed E-state index contributed by atoms with van der Waals surface area (Å²) in [6.07, 6.45) is 1.55. The highest BCUT2D eigenvalue weighted by molar-refractivity contribution is 9.10. The number of carbonyl (C=O) groups is 2. The molecule has 4 rings (SSSR count). The van der Waals surface area contributed by atoms with Gasteiger partial charge in [-0.25, -0.2) is 4.98 Å². The number of benzene rings is 2. The molecule has 1 fully saturated rings. The Kier molecular flexibility index (Phi) is 5.22. The summed E-state index contributed by atoms with van der Waals surface area (Å²) >= 11 is 9.32. The minimum Gasteiger partial charge on any atom is -0.507 e. The molecule has 144 valence electrons. The van der Waals surface area contributed by atoms with Crippen LogP contribution in [0.15, 0.2) is 83.0 Å². The number of amides is 1. The first-order valence-corrected chi connectivity index (χ1v) is 9.88. The molecule has 2 aromatic carbocycles. The number of aliphatic hydroxyl groups is 1. The summed E-state index contributed by atoms with van der Waals surface area (Å²) in [7, 11) is 0. The van der Waals surface area contributed by atoms with E-state index in [1.165, 1.54) is 4.90 Å². The van der Waals surface area contributed by atoms with Crippen LogP contribution in [0.2, 0.25) is 5.02 Å². The van der Waals surface area contributed by atoms with E-state index in [-0.39, 0.29) is 11.3 Å². The van der Waals surface area contributed by atoms with Gasteiger partial charge in [0.2, 0.25) is 0 Å². The van der Waals surface area contributed by atoms with Crippen molar-refractivity contribution in [2.24, 2.45) is 0 Å². The van der Waals surface area contributed by atoms with E-state index in [9.17, 15) is 14.7 Å². The number of anilines is 1. The van der Waals surface area contributed by atoms with Crippen LogP contribution in [-0.2, 0) is 9.59 Å². The lowest BCUT2D eigenvalue weighted by Gasteiger charge is -2.24. The van der Waals surface area contributed by atoms with Gasteiger partial charge in [0, 0.05) is 21.3 Å². The van der Waals surface area contributed by atoms with Crippen molar-refractivity contribution in [2.75, 3.05) is 4.90 Å². The number of aliphatic hydroxyl groups excluding tert-OH is 1. The molecule has 1 saturated heterocycles. The van der Waals surface area contributed by atoms with Crippen molar-refractivity contribution in [3.8, 4) is 0 Å². The largest absolute Gasteiger partial charge is 0.507 e. The van der Waals surface area contributed by atoms with Crippen molar-refractivity contribution >= 4 is 50.8 Å². The Morgan fingerprint density at radius 2 is 1.69 bits per heavy atom. The molecule has 1 aliphatic rings. The summed E-state index contributed by atoms with van der Waals surface area (Å²) in [4.78, 5) is 31.4. The molecule has 0 radical (unpaired) electrons. The van der Waals surface area contributed by atoms with Gasteiger partial charge in [0.15, 0.2) is 0 Å². The van der Waals surface area contributed by atoms with Crippen LogP contribution in [0.4, 0.5) is 5.82 Å². The van der Waals surface area contributed by atoms with Crippen LogP contribution in [0.5, 0.6) is 0 Å². The highest BCUT2D eigenvalue weighted by atomic mass is 79.9. The van der Waals surface area contributed by atoms with Gasteiger partial charge in [0.25, 0.3) is 5.78 Å². The smallest absolute Gasteiger partial charge is 0.301 e. The number of nitrogens with zero attached hydrogens (tertiary/aromatic N) is 2. The molecule has 5 nitrogen and oxygen atoms in total.